The first-order chi connectivity index (χ1) is 15.1. The molecule has 8 heteroatoms. The highest BCUT2D eigenvalue weighted by Crippen LogP contribution is 2.21. The Bertz CT molecular complexity index is 1300. The van der Waals surface area contributed by atoms with Gasteiger partial charge in [0, 0.05) is 5.02 Å². The summed E-state index contributed by atoms with van der Waals surface area (Å²) >= 11 is 7.03. The van der Waals surface area contributed by atoms with Gasteiger partial charge in [-0.1, -0.05) is 65.8 Å². The van der Waals surface area contributed by atoms with E-state index in [-0.39, 0.29) is 17.2 Å². The molecule has 0 saturated heterocycles. The standard InChI is InChI=1S/C23H17ClN4O2S/c24-17-12-10-16(11-13-17)14-25-27-21(29)15-31-23-26-20-9-5-4-8-19(20)22(30)28(23)18-6-2-1-3-7-18/h1-14H,15H2,(H,27,29). The van der Waals surface area contributed by atoms with E-state index in [9.17, 15) is 9.59 Å². The quantitative estimate of drug-likeness (QED) is 0.207. The maximum absolute atomic E-state index is 13.1. The lowest BCUT2D eigenvalue weighted by Gasteiger charge is -2.12. The number of thioether (sulfide) groups is 1. The molecule has 0 unspecified atom stereocenters. The van der Waals surface area contributed by atoms with Crippen LogP contribution in [0, 0.1) is 0 Å². The number of carbonyl (C=O) groups is 1. The lowest BCUT2D eigenvalue weighted by atomic mass is 10.2. The molecule has 1 N–H and O–H groups in total. The summed E-state index contributed by atoms with van der Waals surface area (Å²) in [5.41, 5.74) is 4.40. The predicted molar refractivity (Wildman–Crippen MR) is 125 cm³/mol. The molecule has 0 atom stereocenters. The van der Waals surface area contributed by atoms with Crippen LogP contribution < -0.4 is 11.0 Å². The fraction of sp³-hybridized carbons (Fsp3) is 0.0435. The van der Waals surface area contributed by atoms with Gasteiger partial charge in [-0.3, -0.25) is 14.2 Å². The summed E-state index contributed by atoms with van der Waals surface area (Å²) in [6.07, 6.45) is 1.53. The Morgan fingerprint density at radius 2 is 1.74 bits per heavy atom. The zero-order valence-corrected chi connectivity index (χ0v) is 17.8. The van der Waals surface area contributed by atoms with Gasteiger partial charge >= 0.3 is 0 Å². The second-order valence-corrected chi connectivity index (χ2v) is 7.90. The van der Waals surface area contributed by atoms with Crippen LogP contribution >= 0.6 is 23.4 Å². The lowest BCUT2D eigenvalue weighted by molar-refractivity contribution is -0.118. The Kier molecular flexibility index (Phi) is 6.45. The van der Waals surface area contributed by atoms with Gasteiger partial charge in [0.05, 0.1) is 28.6 Å². The third-order valence-corrected chi connectivity index (χ3v) is 5.56. The van der Waals surface area contributed by atoms with Gasteiger partial charge in [0.25, 0.3) is 11.5 Å². The summed E-state index contributed by atoms with van der Waals surface area (Å²) in [5.74, 6) is -0.257. The topological polar surface area (TPSA) is 76.3 Å². The Morgan fingerprint density at radius 3 is 2.52 bits per heavy atom. The van der Waals surface area contributed by atoms with E-state index in [1.807, 2.05) is 36.4 Å². The molecule has 0 spiro atoms. The third kappa shape index (κ3) is 5.02. The number of nitrogens with one attached hydrogen (secondary N) is 1. The average molecular weight is 449 g/mol. The van der Waals surface area contributed by atoms with E-state index in [1.165, 1.54) is 22.5 Å². The molecule has 4 rings (SSSR count). The van der Waals surface area contributed by atoms with Gasteiger partial charge in [0.2, 0.25) is 0 Å². The molecule has 3 aromatic carbocycles. The number of halogens is 1. The summed E-state index contributed by atoms with van der Waals surface area (Å²) in [6, 6.07) is 23.5. The van der Waals surface area contributed by atoms with Crippen molar-refractivity contribution in [2.75, 3.05) is 5.75 Å². The number of hydrazone groups is 1. The van der Waals surface area contributed by atoms with Crippen LogP contribution in [-0.2, 0) is 4.79 Å². The van der Waals surface area contributed by atoms with Crippen LogP contribution in [0.25, 0.3) is 16.6 Å². The minimum atomic E-state index is -0.308. The van der Waals surface area contributed by atoms with E-state index in [0.29, 0.717) is 26.8 Å². The van der Waals surface area contributed by atoms with Gasteiger partial charge in [0.15, 0.2) is 5.16 Å². The molecule has 0 saturated carbocycles. The molecule has 1 amide bonds. The summed E-state index contributed by atoms with van der Waals surface area (Å²) in [5, 5.41) is 5.55. The highest BCUT2D eigenvalue weighted by Gasteiger charge is 2.14. The number of benzene rings is 3. The van der Waals surface area contributed by atoms with E-state index in [4.69, 9.17) is 11.6 Å². The highest BCUT2D eigenvalue weighted by atomic mass is 35.5. The fourth-order valence-corrected chi connectivity index (χ4v) is 3.84. The molecule has 0 radical (unpaired) electrons. The Balaban J connectivity index is 1.54. The maximum atomic E-state index is 13.1. The number of hydrogen-bond donors (Lipinski definition) is 1. The molecule has 31 heavy (non-hydrogen) atoms. The number of amides is 1. The van der Waals surface area contributed by atoms with Gasteiger partial charge in [-0.2, -0.15) is 5.10 Å². The van der Waals surface area contributed by atoms with Gasteiger partial charge in [0.1, 0.15) is 0 Å². The van der Waals surface area contributed by atoms with Crippen molar-refractivity contribution in [2.45, 2.75) is 5.16 Å². The van der Waals surface area contributed by atoms with Gasteiger partial charge in [-0.25, -0.2) is 10.4 Å². The SMILES string of the molecule is O=C(CSc1nc2ccccc2c(=O)n1-c1ccccc1)NN=Cc1ccc(Cl)cc1. The zero-order valence-electron chi connectivity index (χ0n) is 16.2. The van der Waals surface area contributed by atoms with Crippen molar-refractivity contribution >= 4 is 46.4 Å². The molecule has 0 aliphatic rings. The Morgan fingerprint density at radius 1 is 1.03 bits per heavy atom. The van der Waals surface area contributed by atoms with E-state index in [2.05, 4.69) is 15.5 Å². The van der Waals surface area contributed by atoms with Crippen LogP contribution in [0.3, 0.4) is 0 Å². The van der Waals surface area contributed by atoms with E-state index in [0.717, 1.165) is 5.56 Å². The van der Waals surface area contributed by atoms with Crippen LogP contribution in [0.4, 0.5) is 0 Å². The molecule has 4 aromatic rings. The summed E-state index contributed by atoms with van der Waals surface area (Å²) in [7, 11) is 0. The average Bonchev–Trinajstić information content (AvgIpc) is 2.80. The molecule has 0 aliphatic carbocycles. The largest absolute Gasteiger partial charge is 0.272 e. The third-order valence-electron chi connectivity index (χ3n) is 4.36. The van der Waals surface area contributed by atoms with Crippen LogP contribution in [0.5, 0.6) is 0 Å². The smallest absolute Gasteiger partial charge is 0.266 e. The summed E-state index contributed by atoms with van der Waals surface area (Å²) in [4.78, 5) is 30.0. The Hall–Kier alpha value is -3.42. The number of aromatic nitrogens is 2. The summed E-state index contributed by atoms with van der Waals surface area (Å²) < 4.78 is 1.53. The molecule has 0 fully saturated rings. The van der Waals surface area contributed by atoms with Gasteiger partial charge in [-0.05, 0) is 42.0 Å². The van der Waals surface area contributed by atoms with Gasteiger partial charge in [-0.15, -0.1) is 0 Å². The fourth-order valence-electron chi connectivity index (χ4n) is 2.90. The maximum Gasteiger partial charge on any atom is 0.266 e. The van der Waals surface area contributed by atoms with Crippen molar-refractivity contribution < 1.29 is 4.79 Å². The molecule has 1 heterocycles. The van der Waals surface area contributed by atoms with E-state index >= 15 is 0 Å². The normalized spacial score (nSPS) is 11.1. The molecule has 0 bridgehead atoms. The Labute approximate surface area is 187 Å². The van der Waals surface area contributed by atoms with Crippen molar-refractivity contribution in [1.82, 2.24) is 15.0 Å². The first-order valence-electron chi connectivity index (χ1n) is 9.39. The van der Waals surface area contributed by atoms with Crippen molar-refractivity contribution in [3.05, 3.63) is 99.8 Å². The van der Waals surface area contributed by atoms with Crippen molar-refractivity contribution in [3.63, 3.8) is 0 Å². The van der Waals surface area contributed by atoms with Crippen LogP contribution in [-0.4, -0.2) is 27.4 Å². The molecule has 154 valence electrons. The first kappa shape index (κ1) is 20.8. The predicted octanol–water partition coefficient (Wildman–Crippen LogP) is 4.28. The highest BCUT2D eigenvalue weighted by molar-refractivity contribution is 7.99. The number of hydrogen-bond acceptors (Lipinski definition) is 5. The minimum absolute atomic E-state index is 0.0512. The van der Waals surface area contributed by atoms with Gasteiger partial charge < -0.3 is 0 Å². The number of carbonyl (C=O) groups excluding carboxylic acids is 1. The number of nitrogens with zero attached hydrogens (tertiary/aromatic N) is 3. The lowest BCUT2D eigenvalue weighted by Crippen LogP contribution is -2.24. The summed E-state index contributed by atoms with van der Waals surface area (Å²) in [6.45, 7) is 0. The number of para-hydroxylation sites is 2. The van der Waals surface area contributed by atoms with Crippen molar-refractivity contribution in [2.24, 2.45) is 5.10 Å². The van der Waals surface area contributed by atoms with E-state index in [1.54, 1.807) is 42.5 Å². The monoisotopic (exact) mass is 448 g/mol. The molecule has 0 aliphatic heterocycles. The molecular formula is C23H17ClN4O2S. The minimum Gasteiger partial charge on any atom is -0.272 e. The molecule has 1 aromatic heterocycles. The number of fused-ring (bicyclic) bond motifs is 1. The second-order valence-electron chi connectivity index (χ2n) is 6.52. The zero-order chi connectivity index (χ0) is 21.6. The van der Waals surface area contributed by atoms with Crippen LogP contribution in [0.1, 0.15) is 5.56 Å². The molecule has 6 nitrogen and oxygen atoms in total. The van der Waals surface area contributed by atoms with Crippen LogP contribution in [0.2, 0.25) is 5.02 Å². The van der Waals surface area contributed by atoms with Crippen LogP contribution in [0.15, 0.2) is 93.9 Å². The first-order valence-corrected chi connectivity index (χ1v) is 10.8. The van der Waals surface area contributed by atoms with E-state index < -0.39 is 0 Å². The number of rotatable bonds is 6. The van der Waals surface area contributed by atoms with Crippen molar-refractivity contribution in [3.8, 4) is 5.69 Å². The van der Waals surface area contributed by atoms with Crippen molar-refractivity contribution in [1.29, 1.82) is 0 Å². The molecular weight excluding hydrogens is 432 g/mol. The second kappa shape index (κ2) is 9.59.